The van der Waals surface area contributed by atoms with Crippen molar-refractivity contribution >= 4 is 21.2 Å². The number of imidazole rings is 1. The van der Waals surface area contributed by atoms with Gasteiger partial charge >= 0.3 is 0 Å². The van der Waals surface area contributed by atoms with Crippen LogP contribution in [0.25, 0.3) is 16.9 Å². The minimum absolute atomic E-state index is 0.126. The molecule has 0 saturated heterocycles. The second-order valence-electron chi connectivity index (χ2n) is 10.7. The average Bonchev–Trinajstić information content (AvgIpc) is 3.34. The molecule has 4 rings (SSSR count). The lowest BCUT2D eigenvalue weighted by atomic mass is 10.1. The lowest BCUT2D eigenvalue weighted by Crippen LogP contribution is -2.30. The number of ether oxygens (including phenoxy) is 3. The third-order valence-corrected chi connectivity index (χ3v) is 9.41. The first-order chi connectivity index (χ1) is 21.1. The van der Waals surface area contributed by atoms with E-state index < -0.39 is 10.0 Å². The van der Waals surface area contributed by atoms with Crippen LogP contribution in [0, 0.1) is 6.92 Å². The summed E-state index contributed by atoms with van der Waals surface area (Å²) in [7, 11) is 0.884. The zero-order valence-corrected chi connectivity index (χ0v) is 27.3. The number of rotatable bonds is 16. The van der Waals surface area contributed by atoms with E-state index in [0.717, 1.165) is 30.7 Å². The minimum Gasteiger partial charge on any atom is -0.493 e. The van der Waals surface area contributed by atoms with E-state index in [1.807, 2.05) is 13.0 Å². The molecular formula is C32H43N5O6S. The van der Waals surface area contributed by atoms with Crippen molar-refractivity contribution in [3.63, 3.8) is 0 Å². The molecule has 0 aliphatic heterocycles. The van der Waals surface area contributed by atoms with Gasteiger partial charge in [-0.3, -0.25) is 9.10 Å². The summed E-state index contributed by atoms with van der Waals surface area (Å²) in [5, 5.41) is 4.78. The molecule has 1 N–H and O–H groups in total. The highest BCUT2D eigenvalue weighted by molar-refractivity contribution is 7.92. The summed E-state index contributed by atoms with van der Waals surface area (Å²) in [6, 6.07) is 10.4. The molecule has 0 amide bonds. The van der Waals surface area contributed by atoms with Crippen molar-refractivity contribution in [2.75, 3.05) is 37.9 Å². The highest BCUT2D eigenvalue weighted by Crippen LogP contribution is 2.33. The summed E-state index contributed by atoms with van der Waals surface area (Å²) in [6.45, 7) is 6.23. The first-order valence-corrected chi connectivity index (χ1v) is 16.7. The number of unbranched alkanes of at least 4 members (excludes halogenated alkanes) is 4. The Morgan fingerprint density at radius 1 is 0.932 bits per heavy atom. The fourth-order valence-corrected chi connectivity index (χ4v) is 6.37. The number of aromatic amines is 1. The number of hydrogen-bond donors (Lipinski definition) is 1. The van der Waals surface area contributed by atoms with Gasteiger partial charge in [0.05, 0.1) is 43.5 Å². The number of hydrogen-bond acceptors (Lipinski definition) is 8. The average molecular weight is 626 g/mol. The molecule has 0 fully saturated rings. The van der Waals surface area contributed by atoms with E-state index in [1.165, 1.54) is 24.2 Å². The van der Waals surface area contributed by atoms with Crippen molar-refractivity contribution in [1.82, 2.24) is 19.6 Å². The maximum Gasteiger partial charge on any atom is 0.277 e. The number of aryl methyl sites for hydroxylation is 3. The van der Waals surface area contributed by atoms with E-state index in [2.05, 4.69) is 16.9 Å². The van der Waals surface area contributed by atoms with Gasteiger partial charge in [0.15, 0.2) is 22.8 Å². The first-order valence-electron chi connectivity index (χ1n) is 15.1. The van der Waals surface area contributed by atoms with Gasteiger partial charge in [-0.15, -0.1) is 5.10 Å². The van der Waals surface area contributed by atoms with Crippen LogP contribution in [-0.2, 0) is 22.9 Å². The Labute approximate surface area is 259 Å². The normalized spacial score (nSPS) is 11.6. The standard InChI is InChI=1S/C32H43N5O6S/c1-7-9-10-11-12-13-29-33-22(3)30-32(38)34-31(35-37(29)30)25-21-24(15-17-26(25)43-8-2)36(4)44(39,40)19-18-23-14-16-27(41-5)28(20-23)42-6/h14-17,20-21H,7-13,18-19H2,1-6H3,(H,34,35,38). The van der Waals surface area contributed by atoms with E-state index >= 15 is 0 Å². The summed E-state index contributed by atoms with van der Waals surface area (Å²) < 4.78 is 46.2. The van der Waals surface area contributed by atoms with E-state index in [1.54, 1.807) is 56.0 Å². The molecule has 0 radical (unpaired) electrons. The maximum absolute atomic E-state index is 13.4. The first kappa shape index (κ1) is 32.8. The number of benzene rings is 2. The van der Waals surface area contributed by atoms with Gasteiger partial charge in [-0.05, 0) is 62.6 Å². The zero-order chi connectivity index (χ0) is 31.9. The number of nitrogens with zero attached hydrogens (tertiary/aromatic N) is 4. The third kappa shape index (κ3) is 7.35. The highest BCUT2D eigenvalue weighted by Gasteiger charge is 2.22. The Morgan fingerprint density at radius 2 is 1.66 bits per heavy atom. The van der Waals surface area contributed by atoms with Crippen LogP contribution in [0.15, 0.2) is 41.2 Å². The van der Waals surface area contributed by atoms with Gasteiger partial charge < -0.3 is 19.2 Å². The predicted octanol–water partition coefficient (Wildman–Crippen LogP) is 5.33. The molecule has 0 unspecified atom stereocenters. The summed E-state index contributed by atoms with van der Waals surface area (Å²) in [4.78, 5) is 20.8. The van der Waals surface area contributed by atoms with Crippen LogP contribution in [0.1, 0.15) is 63.0 Å². The Balaban J connectivity index is 1.65. The molecule has 11 nitrogen and oxygen atoms in total. The molecule has 0 aliphatic carbocycles. The number of aromatic nitrogens is 4. The molecule has 0 atom stereocenters. The monoisotopic (exact) mass is 625 g/mol. The summed E-state index contributed by atoms with van der Waals surface area (Å²) in [5.74, 6) is 2.47. The van der Waals surface area contributed by atoms with Crippen LogP contribution in [0.4, 0.5) is 5.69 Å². The van der Waals surface area contributed by atoms with Crippen molar-refractivity contribution in [1.29, 1.82) is 0 Å². The molecule has 2 heterocycles. The van der Waals surface area contributed by atoms with Crippen molar-refractivity contribution in [3.05, 3.63) is 63.8 Å². The number of methoxy groups -OCH3 is 2. The van der Waals surface area contributed by atoms with E-state index in [-0.39, 0.29) is 23.6 Å². The third-order valence-electron chi connectivity index (χ3n) is 7.64. The van der Waals surface area contributed by atoms with Crippen molar-refractivity contribution in [3.8, 4) is 28.6 Å². The zero-order valence-electron chi connectivity index (χ0n) is 26.5. The van der Waals surface area contributed by atoms with Crippen molar-refractivity contribution in [2.45, 2.75) is 65.7 Å². The number of H-pyrrole nitrogens is 1. The fourth-order valence-electron chi connectivity index (χ4n) is 5.17. The van der Waals surface area contributed by atoms with Crippen LogP contribution in [0.2, 0.25) is 0 Å². The van der Waals surface area contributed by atoms with Gasteiger partial charge in [0, 0.05) is 13.5 Å². The quantitative estimate of drug-likeness (QED) is 0.166. The lowest BCUT2D eigenvalue weighted by molar-refractivity contribution is 0.341. The second-order valence-corrected chi connectivity index (χ2v) is 12.8. The van der Waals surface area contributed by atoms with E-state index in [0.29, 0.717) is 52.7 Å². The SMILES string of the molecule is CCCCCCCc1nc(C)c2c(=O)[nH]c(-c3cc(N(C)S(=O)(=O)CCc4ccc(OC)c(OC)c4)ccc3OCC)nn12. The number of nitrogens with one attached hydrogen (secondary N) is 1. The largest absolute Gasteiger partial charge is 0.493 e. The van der Waals surface area contributed by atoms with Crippen LogP contribution in [0.3, 0.4) is 0 Å². The molecular weight excluding hydrogens is 582 g/mol. The fraction of sp³-hybridized carbons (Fsp3) is 0.469. The number of sulfonamides is 1. The van der Waals surface area contributed by atoms with Gasteiger partial charge in [-0.2, -0.15) is 0 Å². The molecule has 4 aromatic rings. The molecule has 0 bridgehead atoms. The Kier molecular flexibility index (Phi) is 10.9. The minimum atomic E-state index is -3.72. The number of anilines is 1. The molecule has 0 spiro atoms. The highest BCUT2D eigenvalue weighted by atomic mass is 32.2. The summed E-state index contributed by atoms with van der Waals surface area (Å²) >= 11 is 0. The van der Waals surface area contributed by atoms with Crippen molar-refractivity contribution in [2.24, 2.45) is 0 Å². The maximum atomic E-state index is 13.4. The van der Waals surface area contributed by atoms with Gasteiger partial charge in [-0.25, -0.2) is 17.9 Å². The van der Waals surface area contributed by atoms with Crippen LogP contribution < -0.4 is 24.1 Å². The number of fused-ring (bicyclic) bond motifs is 1. The van der Waals surface area contributed by atoms with Crippen LogP contribution in [-0.4, -0.2) is 61.6 Å². The molecule has 2 aromatic carbocycles. The van der Waals surface area contributed by atoms with E-state index in [4.69, 9.17) is 19.3 Å². The van der Waals surface area contributed by atoms with Gasteiger partial charge in [-0.1, -0.05) is 38.7 Å². The van der Waals surface area contributed by atoms with Gasteiger partial charge in [0.2, 0.25) is 10.0 Å². The smallest absolute Gasteiger partial charge is 0.277 e. The van der Waals surface area contributed by atoms with Crippen molar-refractivity contribution < 1.29 is 22.6 Å². The van der Waals surface area contributed by atoms with Gasteiger partial charge in [0.25, 0.3) is 5.56 Å². The molecule has 0 saturated carbocycles. The van der Waals surface area contributed by atoms with E-state index in [9.17, 15) is 13.2 Å². The van der Waals surface area contributed by atoms with Gasteiger partial charge in [0.1, 0.15) is 11.6 Å². The Bertz CT molecular complexity index is 1750. The summed E-state index contributed by atoms with van der Waals surface area (Å²) in [6.07, 6.45) is 6.54. The Morgan fingerprint density at radius 3 is 2.36 bits per heavy atom. The summed E-state index contributed by atoms with van der Waals surface area (Å²) in [5.41, 5.74) is 2.40. The lowest BCUT2D eigenvalue weighted by Gasteiger charge is -2.21. The molecule has 44 heavy (non-hydrogen) atoms. The molecule has 2 aromatic heterocycles. The second kappa shape index (κ2) is 14.6. The predicted molar refractivity (Wildman–Crippen MR) is 173 cm³/mol. The molecule has 0 aliphatic rings. The molecule has 238 valence electrons. The van der Waals surface area contributed by atoms with Crippen LogP contribution >= 0.6 is 0 Å². The van der Waals surface area contributed by atoms with Crippen LogP contribution in [0.5, 0.6) is 17.2 Å². The molecule has 12 heteroatoms. The Hall–Kier alpha value is -4.06. The topological polar surface area (TPSA) is 128 Å².